The van der Waals surface area contributed by atoms with Crippen molar-refractivity contribution in [3.8, 4) is 0 Å². The summed E-state index contributed by atoms with van der Waals surface area (Å²) in [6.07, 6.45) is 7.09. The second-order valence-electron chi connectivity index (χ2n) is 4.87. The maximum Gasteiger partial charge on any atom is 0.238 e. The van der Waals surface area contributed by atoms with Gasteiger partial charge in [0, 0.05) is 9.43 Å². The van der Waals surface area contributed by atoms with E-state index in [-0.39, 0.29) is 18.0 Å². The summed E-state index contributed by atoms with van der Waals surface area (Å²) in [7, 11) is -3.66. The highest BCUT2D eigenvalue weighted by Crippen LogP contribution is 2.35. The molecular weight excluding hydrogens is 242 g/mol. The Kier molecular flexibility index (Phi) is 3.91. The minimum absolute atomic E-state index is 0.0572. The van der Waals surface area contributed by atoms with Gasteiger partial charge in [-0.3, -0.25) is 0 Å². The molecule has 0 N–H and O–H groups in total. The molecule has 0 spiro atoms. The number of ether oxygens (including phenoxy) is 1. The van der Waals surface area contributed by atoms with Gasteiger partial charge in [0.15, 0.2) is 0 Å². The van der Waals surface area contributed by atoms with Crippen LogP contribution in [0.5, 0.6) is 0 Å². The topological polar surface area (TPSA) is 95.4 Å². The normalized spacial score (nSPS) is 29.6. The van der Waals surface area contributed by atoms with Crippen LogP contribution in [0.25, 0.3) is 10.4 Å². The molecule has 2 atom stereocenters. The van der Waals surface area contributed by atoms with Crippen molar-refractivity contribution < 1.29 is 13.2 Å². The SMILES string of the molecule is [N-]=[N+]=NS(=O)(=O)CC1OC1CC1CCCCC1. The van der Waals surface area contributed by atoms with Crippen LogP contribution in [-0.4, -0.2) is 26.4 Å². The molecule has 6 nitrogen and oxygen atoms in total. The van der Waals surface area contributed by atoms with Crippen LogP contribution in [0.1, 0.15) is 38.5 Å². The summed E-state index contributed by atoms with van der Waals surface area (Å²) in [5, 5.41) is 0. The van der Waals surface area contributed by atoms with Gasteiger partial charge in [-0.25, -0.2) is 8.42 Å². The Balaban J connectivity index is 1.75. The van der Waals surface area contributed by atoms with E-state index in [2.05, 4.69) is 9.43 Å². The Morgan fingerprint density at radius 3 is 2.59 bits per heavy atom. The maximum absolute atomic E-state index is 11.2. The molecule has 2 unspecified atom stereocenters. The molecule has 0 bridgehead atoms. The largest absolute Gasteiger partial charge is 0.368 e. The van der Waals surface area contributed by atoms with Crippen LogP contribution in [-0.2, 0) is 14.8 Å². The van der Waals surface area contributed by atoms with E-state index in [0.29, 0.717) is 5.92 Å². The number of hydrogen-bond donors (Lipinski definition) is 0. The number of nitrogens with zero attached hydrogens (tertiary/aromatic N) is 3. The number of epoxide rings is 1. The van der Waals surface area contributed by atoms with Gasteiger partial charge in [0.25, 0.3) is 0 Å². The highest BCUT2D eigenvalue weighted by Gasteiger charge is 2.42. The molecule has 1 aliphatic carbocycles. The summed E-state index contributed by atoms with van der Waals surface area (Å²) in [4.78, 5) is 2.31. The fourth-order valence-electron chi connectivity index (χ4n) is 2.58. The van der Waals surface area contributed by atoms with Crippen LogP contribution in [0.4, 0.5) is 0 Å². The zero-order valence-electron chi connectivity index (χ0n) is 9.66. The molecule has 1 heterocycles. The first-order valence-electron chi connectivity index (χ1n) is 6.05. The summed E-state index contributed by atoms with van der Waals surface area (Å²) in [6.45, 7) is 0. The van der Waals surface area contributed by atoms with Gasteiger partial charge in [0.1, 0.15) is 0 Å². The van der Waals surface area contributed by atoms with E-state index in [0.717, 1.165) is 6.42 Å². The quantitative estimate of drug-likeness (QED) is 0.328. The Bertz CT molecular complexity index is 411. The maximum atomic E-state index is 11.2. The summed E-state index contributed by atoms with van der Waals surface area (Å²) in [6, 6.07) is 0. The van der Waals surface area contributed by atoms with E-state index in [9.17, 15) is 8.42 Å². The third-order valence-corrected chi connectivity index (χ3v) is 4.59. The van der Waals surface area contributed by atoms with Crippen molar-refractivity contribution in [1.29, 1.82) is 0 Å². The van der Waals surface area contributed by atoms with E-state index in [1.807, 2.05) is 0 Å². The number of azide groups is 1. The van der Waals surface area contributed by atoms with Gasteiger partial charge in [0.2, 0.25) is 10.0 Å². The van der Waals surface area contributed by atoms with Gasteiger partial charge in [0.05, 0.1) is 18.0 Å². The standard InChI is InChI=1S/C10H17N3O3S/c11-12-13-17(14,15)7-10-9(16-10)6-8-4-2-1-3-5-8/h8-10H,1-7H2. The lowest BCUT2D eigenvalue weighted by Gasteiger charge is -2.20. The average molecular weight is 259 g/mol. The second-order valence-corrected chi connectivity index (χ2v) is 6.53. The van der Waals surface area contributed by atoms with Crippen LogP contribution in [0, 0.1) is 5.92 Å². The molecule has 2 aliphatic rings. The molecule has 2 fully saturated rings. The molecule has 96 valence electrons. The molecule has 0 aromatic heterocycles. The molecule has 1 aliphatic heterocycles. The van der Waals surface area contributed by atoms with Gasteiger partial charge in [-0.2, -0.15) is 0 Å². The molecule has 2 rings (SSSR count). The molecule has 1 saturated carbocycles. The predicted molar refractivity (Wildman–Crippen MR) is 62.8 cm³/mol. The molecule has 0 amide bonds. The second kappa shape index (κ2) is 5.25. The van der Waals surface area contributed by atoms with Crippen LogP contribution < -0.4 is 0 Å². The average Bonchev–Trinajstić information content (AvgIpc) is 2.96. The fourth-order valence-corrected chi connectivity index (χ4v) is 3.47. The minimum atomic E-state index is -3.66. The molecule has 0 radical (unpaired) electrons. The van der Waals surface area contributed by atoms with Gasteiger partial charge in [-0.05, 0) is 17.9 Å². The predicted octanol–water partition coefficient (Wildman–Crippen LogP) is 2.36. The van der Waals surface area contributed by atoms with Crippen LogP contribution in [0.3, 0.4) is 0 Å². The number of hydrogen-bond acceptors (Lipinski definition) is 3. The Hall–Kier alpha value is -0.780. The van der Waals surface area contributed by atoms with Crippen LogP contribution in [0.2, 0.25) is 0 Å². The minimum Gasteiger partial charge on any atom is -0.368 e. The summed E-state index contributed by atoms with van der Waals surface area (Å²) in [5.41, 5.74) is 8.10. The lowest BCUT2D eigenvalue weighted by Crippen LogP contribution is -2.14. The molecule has 1 saturated heterocycles. The molecule has 7 heteroatoms. The highest BCUT2D eigenvalue weighted by atomic mass is 32.2. The summed E-state index contributed by atoms with van der Waals surface area (Å²) >= 11 is 0. The van der Waals surface area contributed by atoms with Crippen molar-refractivity contribution in [2.45, 2.75) is 50.7 Å². The smallest absolute Gasteiger partial charge is 0.238 e. The van der Waals surface area contributed by atoms with Crippen molar-refractivity contribution in [2.75, 3.05) is 5.75 Å². The van der Waals surface area contributed by atoms with Gasteiger partial charge < -0.3 is 4.74 Å². The Morgan fingerprint density at radius 1 is 1.24 bits per heavy atom. The highest BCUT2D eigenvalue weighted by molar-refractivity contribution is 7.90. The van der Waals surface area contributed by atoms with Gasteiger partial charge in [-0.1, -0.05) is 32.1 Å². The van der Waals surface area contributed by atoms with E-state index < -0.39 is 10.0 Å². The van der Waals surface area contributed by atoms with E-state index in [4.69, 9.17) is 10.3 Å². The molecular formula is C10H17N3O3S. The van der Waals surface area contributed by atoms with Crippen molar-refractivity contribution in [1.82, 2.24) is 0 Å². The third-order valence-electron chi connectivity index (χ3n) is 3.51. The molecule has 17 heavy (non-hydrogen) atoms. The lowest BCUT2D eigenvalue weighted by molar-refractivity contribution is 0.290. The van der Waals surface area contributed by atoms with Crippen molar-refractivity contribution in [2.24, 2.45) is 10.4 Å². The number of sulfonamides is 1. The van der Waals surface area contributed by atoms with Gasteiger partial charge in [-0.15, -0.1) is 0 Å². The first-order chi connectivity index (χ1) is 8.11. The van der Waals surface area contributed by atoms with Crippen molar-refractivity contribution in [3.05, 3.63) is 10.4 Å². The van der Waals surface area contributed by atoms with Crippen molar-refractivity contribution >= 4 is 10.0 Å². The lowest BCUT2D eigenvalue weighted by atomic mass is 9.86. The van der Waals surface area contributed by atoms with Crippen LogP contribution >= 0.6 is 0 Å². The third kappa shape index (κ3) is 3.87. The van der Waals surface area contributed by atoms with E-state index >= 15 is 0 Å². The zero-order valence-corrected chi connectivity index (χ0v) is 10.5. The van der Waals surface area contributed by atoms with Crippen molar-refractivity contribution in [3.63, 3.8) is 0 Å². The summed E-state index contributed by atoms with van der Waals surface area (Å²) in [5.74, 6) is 0.509. The molecule has 0 aromatic rings. The Labute approximate surface area is 101 Å². The first kappa shape index (κ1) is 12.7. The number of rotatable bonds is 5. The zero-order chi connectivity index (χ0) is 12.3. The first-order valence-corrected chi connectivity index (χ1v) is 7.66. The van der Waals surface area contributed by atoms with E-state index in [1.54, 1.807) is 0 Å². The van der Waals surface area contributed by atoms with Crippen LogP contribution in [0.15, 0.2) is 4.52 Å². The van der Waals surface area contributed by atoms with Gasteiger partial charge >= 0.3 is 0 Å². The van der Waals surface area contributed by atoms with E-state index in [1.165, 1.54) is 32.1 Å². The summed E-state index contributed by atoms with van der Waals surface area (Å²) < 4.78 is 30.6. The monoisotopic (exact) mass is 259 g/mol. The Morgan fingerprint density at radius 2 is 1.94 bits per heavy atom. The molecule has 0 aromatic carbocycles. The fraction of sp³-hybridized carbons (Fsp3) is 1.00.